The number of ether oxygens (including phenoxy) is 1. The molecule has 0 unspecified atom stereocenters. The molecule has 0 saturated heterocycles. The monoisotopic (exact) mass is 314 g/mol. The van der Waals surface area contributed by atoms with Gasteiger partial charge in [-0.15, -0.1) is 0 Å². The van der Waals surface area contributed by atoms with Crippen LogP contribution in [0, 0.1) is 12.3 Å². The molecule has 1 aromatic heterocycles. The predicted molar refractivity (Wildman–Crippen MR) is 85.2 cm³/mol. The summed E-state index contributed by atoms with van der Waals surface area (Å²) in [4.78, 5) is 22.6. The molecular weight excluding hydrogens is 296 g/mol. The Hall–Kier alpha value is -2.52. The van der Waals surface area contributed by atoms with Gasteiger partial charge >= 0.3 is 0 Å². The number of hydrogen-bond acceptors (Lipinski definition) is 5. The fourth-order valence-corrected chi connectivity index (χ4v) is 3.31. The molecule has 1 aromatic carbocycles. The molecule has 1 aliphatic carbocycles. The molecule has 0 amide bonds. The van der Waals surface area contributed by atoms with Gasteiger partial charge in [0.2, 0.25) is 0 Å². The van der Waals surface area contributed by atoms with E-state index in [9.17, 15) is 14.7 Å². The minimum absolute atomic E-state index is 0.0505. The van der Waals surface area contributed by atoms with E-state index in [1.807, 2.05) is 19.9 Å². The van der Waals surface area contributed by atoms with Crippen LogP contribution in [-0.2, 0) is 22.4 Å². The summed E-state index contributed by atoms with van der Waals surface area (Å²) < 4.78 is 11.1. The third-order valence-electron chi connectivity index (χ3n) is 4.50. The lowest BCUT2D eigenvalue weighted by molar-refractivity contribution is 0.0281. The first-order valence-corrected chi connectivity index (χ1v) is 7.46. The van der Waals surface area contributed by atoms with Gasteiger partial charge in [-0.3, -0.25) is 4.79 Å². The number of phenols is 1. The molecule has 1 N–H and O–H groups in total. The number of aromatic hydroxyl groups is 1. The maximum atomic E-state index is 12.2. The number of fused-ring (bicyclic) bond motifs is 2. The van der Waals surface area contributed by atoms with Crippen LogP contribution in [0.2, 0.25) is 0 Å². The smallest absolute Gasteiger partial charge is 0.196 e. The van der Waals surface area contributed by atoms with Crippen molar-refractivity contribution in [2.75, 3.05) is 0 Å². The van der Waals surface area contributed by atoms with Crippen molar-refractivity contribution < 1.29 is 19.1 Å². The van der Waals surface area contributed by atoms with Crippen molar-refractivity contribution in [1.82, 2.24) is 0 Å². The Morgan fingerprint density at radius 2 is 2.17 bits per heavy atom. The number of carbonyl (C=O) groups excluding carboxylic acids is 1. The molecule has 0 bridgehead atoms. The van der Waals surface area contributed by atoms with Gasteiger partial charge in [0, 0.05) is 23.5 Å². The highest BCUT2D eigenvalue weighted by Gasteiger charge is 2.38. The maximum absolute atomic E-state index is 12.2. The quantitative estimate of drug-likeness (QED) is 0.681. The Balaban J connectivity index is 2.20. The second kappa shape index (κ2) is 5.28. The van der Waals surface area contributed by atoms with E-state index in [0.29, 0.717) is 29.7 Å². The van der Waals surface area contributed by atoms with E-state index in [0.717, 1.165) is 11.8 Å². The van der Waals surface area contributed by atoms with Crippen molar-refractivity contribution in [3.63, 3.8) is 0 Å². The van der Waals surface area contributed by atoms with E-state index in [4.69, 9.17) is 9.15 Å². The van der Waals surface area contributed by atoms with Crippen LogP contribution >= 0.6 is 0 Å². The SMILES string of the molecule is Cc1cc(=O)c2c(O)c3c(cc2o1)CC(C)(C)[C@H](OC=C=O)C3. The lowest BCUT2D eigenvalue weighted by atomic mass is 9.71. The fraction of sp³-hybridized carbons (Fsp3) is 0.389. The first-order valence-electron chi connectivity index (χ1n) is 7.46. The molecular formula is C18H18O5. The molecule has 0 radical (unpaired) electrons. The van der Waals surface area contributed by atoms with Gasteiger partial charge < -0.3 is 14.3 Å². The molecule has 0 spiro atoms. The number of rotatable bonds is 2. The summed E-state index contributed by atoms with van der Waals surface area (Å²) in [5, 5.41) is 10.8. The molecule has 1 aliphatic rings. The summed E-state index contributed by atoms with van der Waals surface area (Å²) in [6.07, 6.45) is 1.78. The van der Waals surface area contributed by atoms with Crippen molar-refractivity contribution in [3.8, 4) is 5.75 Å². The average Bonchev–Trinajstić information content (AvgIpc) is 2.43. The second-order valence-corrected chi connectivity index (χ2v) is 6.69. The zero-order valence-electron chi connectivity index (χ0n) is 13.3. The maximum Gasteiger partial charge on any atom is 0.196 e. The van der Waals surface area contributed by atoms with Crippen molar-refractivity contribution in [2.45, 2.75) is 39.7 Å². The summed E-state index contributed by atoms with van der Waals surface area (Å²) in [7, 11) is 0. The highest BCUT2D eigenvalue weighted by Crippen LogP contribution is 2.42. The Labute approximate surface area is 133 Å². The topological polar surface area (TPSA) is 76.7 Å². The number of hydrogen-bond donors (Lipinski definition) is 1. The van der Waals surface area contributed by atoms with Gasteiger partial charge in [-0.05, 0) is 25.0 Å². The number of benzene rings is 1. The summed E-state index contributed by atoms with van der Waals surface area (Å²) in [6.45, 7) is 5.77. The van der Waals surface area contributed by atoms with Gasteiger partial charge in [0.05, 0.1) is 0 Å². The van der Waals surface area contributed by atoms with Crippen LogP contribution in [-0.4, -0.2) is 17.2 Å². The number of phenolic OH excluding ortho intramolecular Hbond substituents is 1. The fourth-order valence-electron chi connectivity index (χ4n) is 3.31. The molecule has 3 rings (SSSR count). The van der Waals surface area contributed by atoms with Gasteiger partial charge in [-0.25, -0.2) is 4.79 Å². The van der Waals surface area contributed by atoms with Crippen molar-refractivity contribution >= 4 is 16.9 Å². The van der Waals surface area contributed by atoms with E-state index in [1.165, 1.54) is 6.07 Å². The molecule has 0 saturated carbocycles. The molecule has 5 heteroatoms. The first-order chi connectivity index (χ1) is 10.8. The minimum Gasteiger partial charge on any atom is -0.507 e. The molecule has 1 heterocycles. The standard InChI is InChI=1S/C18H18O5/c1-10-6-13(20)16-14(23-10)7-11-9-18(2,3)15(22-5-4-19)8-12(11)17(16)21/h5-7,15,21H,8-9H2,1-3H3/t15-/m1/s1. The van der Waals surface area contributed by atoms with Crippen LogP contribution in [0.3, 0.4) is 0 Å². The average molecular weight is 314 g/mol. The molecule has 1 atom stereocenters. The van der Waals surface area contributed by atoms with Gasteiger partial charge in [0.1, 0.15) is 28.6 Å². The third kappa shape index (κ3) is 2.53. The molecule has 120 valence electrons. The molecule has 5 nitrogen and oxygen atoms in total. The van der Waals surface area contributed by atoms with Gasteiger partial charge in [0.25, 0.3) is 0 Å². The molecule has 2 aromatic rings. The second-order valence-electron chi connectivity index (χ2n) is 6.69. The normalized spacial score (nSPS) is 19.0. The highest BCUT2D eigenvalue weighted by atomic mass is 16.5. The van der Waals surface area contributed by atoms with Crippen LogP contribution in [0.15, 0.2) is 27.6 Å². The lowest BCUT2D eigenvalue weighted by Gasteiger charge is -2.38. The van der Waals surface area contributed by atoms with Crippen molar-refractivity contribution in [2.24, 2.45) is 5.41 Å². The predicted octanol–water partition coefficient (Wildman–Crippen LogP) is 2.66. The molecule has 0 fully saturated rings. The molecule has 23 heavy (non-hydrogen) atoms. The van der Waals surface area contributed by atoms with Crippen LogP contribution in [0.25, 0.3) is 11.0 Å². The Morgan fingerprint density at radius 1 is 1.43 bits per heavy atom. The van der Waals surface area contributed by atoms with E-state index in [-0.39, 0.29) is 28.1 Å². The number of aryl methyl sites for hydroxylation is 1. The van der Waals surface area contributed by atoms with E-state index in [2.05, 4.69) is 0 Å². The van der Waals surface area contributed by atoms with Crippen LogP contribution in [0.1, 0.15) is 30.7 Å². The van der Waals surface area contributed by atoms with Crippen molar-refractivity contribution in [1.29, 1.82) is 0 Å². The summed E-state index contributed by atoms with van der Waals surface area (Å²) in [5.74, 6) is 2.07. The van der Waals surface area contributed by atoms with Crippen LogP contribution in [0.4, 0.5) is 0 Å². The molecule has 0 aliphatic heterocycles. The zero-order chi connectivity index (χ0) is 16.8. The van der Waals surface area contributed by atoms with E-state index >= 15 is 0 Å². The van der Waals surface area contributed by atoms with Gasteiger partial charge in [-0.2, -0.15) is 0 Å². The lowest BCUT2D eigenvalue weighted by Crippen LogP contribution is -2.39. The first kappa shape index (κ1) is 15.4. The zero-order valence-corrected chi connectivity index (χ0v) is 13.3. The Morgan fingerprint density at radius 3 is 2.87 bits per heavy atom. The van der Waals surface area contributed by atoms with E-state index in [1.54, 1.807) is 12.9 Å². The van der Waals surface area contributed by atoms with Crippen molar-refractivity contribution in [3.05, 3.63) is 45.5 Å². The largest absolute Gasteiger partial charge is 0.507 e. The van der Waals surface area contributed by atoms with Gasteiger partial charge in [-0.1, -0.05) is 13.8 Å². The Bertz CT molecular complexity index is 884. The van der Waals surface area contributed by atoms with E-state index < -0.39 is 0 Å². The summed E-state index contributed by atoms with van der Waals surface area (Å²) in [5.41, 5.74) is 1.51. The highest BCUT2D eigenvalue weighted by molar-refractivity contribution is 5.86. The summed E-state index contributed by atoms with van der Waals surface area (Å²) >= 11 is 0. The Kier molecular flexibility index (Phi) is 3.53. The van der Waals surface area contributed by atoms with Crippen LogP contribution < -0.4 is 5.43 Å². The third-order valence-corrected chi connectivity index (χ3v) is 4.50. The van der Waals surface area contributed by atoms with Gasteiger partial charge in [0.15, 0.2) is 17.6 Å². The van der Waals surface area contributed by atoms with Crippen LogP contribution in [0.5, 0.6) is 5.75 Å². The summed E-state index contributed by atoms with van der Waals surface area (Å²) in [6, 6.07) is 3.19. The minimum atomic E-state index is -0.280.